The Morgan fingerprint density at radius 1 is 0.657 bits per heavy atom. The quantitative estimate of drug-likeness (QED) is 0.0773. The Kier molecular flexibility index (Phi) is 13.9. The van der Waals surface area contributed by atoms with Crippen LogP contribution in [0.4, 0.5) is 0 Å². The van der Waals surface area contributed by atoms with Crippen LogP contribution in [0, 0.1) is 50.2 Å². The Bertz CT molecular complexity index is 1870. The number of hydrogen-bond donors (Lipinski definition) is 11. The second kappa shape index (κ2) is 18.1. The van der Waals surface area contributed by atoms with E-state index in [1.807, 2.05) is 6.92 Å². The Morgan fingerprint density at radius 2 is 1.24 bits per heavy atom. The van der Waals surface area contributed by atoms with E-state index in [1.165, 1.54) is 5.57 Å². The van der Waals surface area contributed by atoms with Gasteiger partial charge in [0.05, 0.1) is 30.8 Å². The van der Waals surface area contributed by atoms with Gasteiger partial charge in [0.15, 0.2) is 25.0 Å². The summed E-state index contributed by atoms with van der Waals surface area (Å²) in [5.41, 5.74) is -0.555. The molecule has 0 amide bonds. The monoisotopic (exact) mass is 956 g/mol. The lowest BCUT2D eigenvalue weighted by Gasteiger charge is -2.71. The topological polar surface area (TPSA) is 312 Å². The Hall–Kier alpha value is -1.76. The zero-order valence-electron chi connectivity index (χ0n) is 39.7. The maximum atomic E-state index is 13.8. The van der Waals surface area contributed by atoms with Crippen molar-refractivity contribution in [1.29, 1.82) is 0 Å². The van der Waals surface area contributed by atoms with Gasteiger partial charge in [-0.1, -0.05) is 60.1 Å². The van der Waals surface area contributed by atoms with Crippen LogP contribution in [0.2, 0.25) is 0 Å². The summed E-state index contributed by atoms with van der Waals surface area (Å²) >= 11 is 0. The molecule has 19 heteroatoms. The van der Waals surface area contributed by atoms with Crippen LogP contribution in [0.15, 0.2) is 11.6 Å². The molecule has 7 fully saturated rings. The highest BCUT2D eigenvalue weighted by molar-refractivity contribution is 5.73. The summed E-state index contributed by atoms with van der Waals surface area (Å²) in [5, 5.41) is 118. The van der Waals surface area contributed by atoms with Crippen molar-refractivity contribution in [3.8, 4) is 0 Å². The van der Waals surface area contributed by atoms with Crippen LogP contribution in [-0.4, -0.2) is 186 Å². The number of ether oxygens (including phenoxy) is 6. The molecule has 25 atom stereocenters. The average Bonchev–Trinajstić information content (AvgIpc) is 3.27. The standard InChI is InChI=1S/C48H76O19/c1-43(2)16-22-21-8-9-26-45(4)12-11-28(46(5,20-51)25(45)10-13-48(26,7)47(21,6)15-14-44(22,3)27(52)17-43)64-42-38(34(58)33(57)36(65-42)39(60)61)67-41-37(32(56)30(54)24(19-50)63-41)66-40-35(59)31(55)29(53)23(18-49)62-40/h8,20,22-38,40-42,49-50,52-59H,9-19H2,1-7H3,(H,60,61). The van der Waals surface area contributed by atoms with Crippen molar-refractivity contribution in [2.75, 3.05) is 13.2 Å². The average molecular weight is 957 g/mol. The maximum absolute atomic E-state index is 13.8. The van der Waals surface area contributed by atoms with E-state index in [1.54, 1.807) is 0 Å². The van der Waals surface area contributed by atoms with Crippen molar-refractivity contribution in [1.82, 2.24) is 0 Å². The first-order valence-corrected chi connectivity index (χ1v) is 24.3. The number of aldehydes is 1. The fraction of sp³-hybridized carbons (Fsp3) is 0.917. The maximum Gasteiger partial charge on any atom is 0.335 e. The van der Waals surface area contributed by atoms with E-state index >= 15 is 0 Å². The van der Waals surface area contributed by atoms with Crippen molar-refractivity contribution in [2.45, 2.75) is 211 Å². The van der Waals surface area contributed by atoms with Crippen LogP contribution in [0.25, 0.3) is 0 Å². The van der Waals surface area contributed by atoms with Crippen molar-refractivity contribution in [3.63, 3.8) is 0 Å². The van der Waals surface area contributed by atoms with Crippen LogP contribution in [-0.2, 0) is 38.0 Å². The first kappa shape index (κ1) is 51.6. The fourth-order valence-electron chi connectivity index (χ4n) is 15.0. The first-order chi connectivity index (χ1) is 31.3. The smallest absolute Gasteiger partial charge is 0.335 e. The Balaban J connectivity index is 1.08. The molecular formula is C48H76O19. The number of hydrogen-bond acceptors (Lipinski definition) is 18. The third-order valence-electron chi connectivity index (χ3n) is 19.4. The van der Waals surface area contributed by atoms with Gasteiger partial charge in [0.2, 0.25) is 0 Å². The van der Waals surface area contributed by atoms with Gasteiger partial charge < -0.3 is 89.4 Å². The summed E-state index contributed by atoms with van der Waals surface area (Å²) in [5.74, 6) is -1.42. The van der Waals surface area contributed by atoms with Gasteiger partial charge in [-0.05, 0) is 97.2 Å². The Morgan fingerprint density at radius 3 is 1.85 bits per heavy atom. The Labute approximate surface area is 391 Å². The SMILES string of the molecule is CC1(C)CC(O)C2(C)CCC3(C)C(=CCC4C5(C)CCC(OC6OC(C(=O)O)C(O)C(O)C6OC6OC(CO)C(O)C(O)C6OC6OC(CO)C(O)C(O)C6O)C(C)(C=O)C5CCC43C)C2C1. The molecule has 3 heterocycles. The normalized spacial score (nSPS) is 55.2. The summed E-state index contributed by atoms with van der Waals surface area (Å²) in [6.45, 7) is 14.0. The van der Waals surface area contributed by atoms with E-state index < -0.39 is 123 Å². The number of fused-ring (bicyclic) bond motifs is 7. The molecule has 0 bridgehead atoms. The molecule has 8 rings (SSSR count). The zero-order chi connectivity index (χ0) is 49.1. The second-order valence-electron chi connectivity index (χ2n) is 23.4. The van der Waals surface area contributed by atoms with Crippen molar-refractivity contribution >= 4 is 12.3 Å². The molecule has 8 aliphatic rings. The molecule has 0 aromatic heterocycles. The van der Waals surface area contributed by atoms with Crippen LogP contribution >= 0.6 is 0 Å². The number of carboxylic acid groups (broad SMARTS) is 1. The molecule has 0 spiro atoms. The molecule has 382 valence electrons. The van der Waals surface area contributed by atoms with Crippen LogP contribution in [0.1, 0.15) is 106 Å². The number of aliphatic hydroxyl groups is 10. The van der Waals surface area contributed by atoms with Crippen LogP contribution < -0.4 is 0 Å². The van der Waals surface area contributed by atoms with Gasteiger partial charge in [-0.15, -0.1) is 0 Å². The molecule has 67 heavy (non-hydrogen) atoms. The number of allylic oxidation sites excluding steroid dienone is 2. The minimum Gasteiger partial charge on any atom is -0.479 e. The third-order valence-corrected chi connectivity index (χ3v) is 19.4. The van der Waals surface area contributed by atoms with E-state index in [-0.39, 0.29) is 50.9 Å². The van der Waals surface area contributed by atoms with Gasteiger partial charge in [-0.25, -0.2) is 4.79 Å². The van der Waals surface area contributed by atoms with Gasteiger partial charge in [0, 0.05) is 5.41 Å². The number of carbonyl (C=O) groups excluding carboxylic acids is 1. The predicted molar refractivity (Wildman–Crippen MR) is 231 cm³/mol. The number of carbonyl (C=O) groups is 2. The van der Waals surface area contributed by atoms with E-state index in [9.17, 15) is 65.8 Å². The van der Waals surface area contributed by atoms with Crippen molar-refractivity contribution in [3.05, 3.63) is 11.6 Å². The van der Waals surface area contributed by atoms with Gasteiger partial charge >= 0.3 is 5.97 Å². The van der Waals surface area contributed by atoms with Crippen LogP contribution in [0.3, 0.4) is 0 Å². The summed E-state index contributed by atoms with van der Waals surface area (Å²) in [6.07, 6.45) is -19.1. The molecule has 0 radical (unpaired) electrons. The highest BCUT2D eigenvalue weighted by atomic mass is 16.8. The van der Waals surface area contributed by atoms with Crippen molar-refractivity contribution in [2.24, 2.45) is 50.2 Å². The summed E-state index contributed by atoms with van der Waals surface area (Å²) < 4.78 is 35.8. The summed E-state index contributed by atoms with van der Waals surface area (Å²) in [6, 6.07) is 0. The highest BCUT2D eigenvalue weighted by Gasteiger charge is 2.70. The zero-order valence-corrected chi connectivity index (χ0v) is 39.7. The molecule has 11 N–H and O–H groups in total. The minimum absolute atomic E-state index is 0.00247. The van der Waals surface area contributed by atoms with Gasteiger partial charge in [-0.3, -0.25) is 0 Å². The minimum atomic E-state index is -2.12. The van der Waals surface area contributed by atoms with Crippen LogP contribution in [0.5, 0.6) is 0 Å². The van der Waals surface area contributed by atoms with Crippen molar-refractivity contribution < 1.29 is 94.2 Å². The number of aliphatic carboxylic acids is 1. The van der Waals surface area contributed by atoms with E-state index in [2.05, 4.69) is 47.6 Å². The predicted octanol–water partition coefficient (Wildman–Crippen LogP) is -0.116. The van der Waals surface area contributed by atoms with E-state index in [0.29, 0.717) is 19.3 Å². The van der Waals surface area contributed by atoms with Gasteiger partial charge in [0.25, 0.3) is 0 Å². The second-order valence-corrected chi connectivity index (χ2v) is 23.4. The molecule has 0 aromatic rings. The number of carboxylic acids is 1. The third kappa shape index (κ3) is 8.01. The largest absolute Gasteiger partial charge is 0.479 e. The van der Waals surface area contributed by atoms with Gasteiger partial charge in [0.1, 0.15) is 73.4 Å². The fourth-order valence-corrected chi connectivity index (χ4v) is 15.0. The molecule has 4 saturated carbocycles. The van der Waals surface area contributed by atoms with E-state index in [0.717, 1.165) is 44.8 Å². The molecule has 25 unspecified atom stereocenters. The molecular weight excluding hydrogens is 881 g/mol. The molecule has 3 saturated heterocycles. The highest BCUT2D eigenvalue weighted by Crippen LogP contribution is 2.75. The lowest BCUT2D eigenvalue weighted by Crippen LogP contribution is -2.68. The number of rotatable bonds is 10. The summed E-state index contributed by atoms with van der Waals surface area (Å²) in [7, 11) is 0. The molecule has 3 aliphatic heterocycles. The first-order valence-electron chi connectivity index (χ1n) is 24.3. The summed E-state index contributed by atoms with van der Waals surface area (Å²) in [4.78, 5) is 26.2. The van der Waals surface area contributed by atoms with E-state index in [4.69, 9.17) is 28.4 Å². The molecule has 0 aromatic carbocycles. The lowest BCUT2D eigenvalue weighted by molar-refractivity contribution is -0.396. The number of aliphatic hydroxyl groups excluding tert-OH is 10. The van der Waals surface area contributed by atoms with Gasteiger partial charge in [-0.2, -0.15) is 0 Å². The lowest BCUT2D eigenvalue weighted by atomic mass is 9.33. The molecule has 5 aliphatic carbocycles. The molecule has 19 nitrogen and oxygen atoms in total.